The Kier molecular flexibility index (Phi) is 2.94. The monoisotopic (exact) mass is 264 g/mol. The highest BCUT2D eigenvalue weighted by molar-refractivity contribution is 6.02. The number of aromatic amines is 1. The summed E-state index contributed by atoms with van der Waals surface area (Å²) in [6, 6.07) is 1.09. The number of hydrazine groups is 2. The number of carbonyl (C=O) groups excluding carboxylic acids is 2. The van der Waals surface area contributed by atoms with Crippen molar-refractivity contribution in [3.05, 3.63) is 18.5 Å². The molecule has 2 aromatic rings. The molecular weight excluding hydrogens is 252 g/mol. The number of H-pyrrole nitrogens is 1. The molecule has 1 heterocycles. The second kappa shape index (κ2) is 4.44. The summed E-state index contributed by atoms with van der Waals surface area (Å²) in [4.78, 5) is 29.1. The molecule has 0 spiro atoms. The van der Waals surface area contributed by atoms with Crippen molar-refractivity contribution in [1.82, 2.24) is 9.97 Å². The van der Waals surface area contributed by atoms with E-state index in [-0.39, 0.29) is 11.4 Å². The summed E-state index contributed by atoms with van der Waals surface area (Å²) in [7, 11) is 0. The number of amides is 4. The van der Waals surface area contributed by atoms with E-state index in [0.717, 1.165) is 0 Å². The van der Waals surface area contributed by atoms with E-state index in [1.807, 2.05) is 0 Å². The Hall–Kier alpha value is -2.85. The zero-order valence-electron chi connectivity index (χ0n) is 9.70. The molecule has 0 fully saturated rings. The number of fused-ring (bicyclic) bond motifs is 1. The van der Waals surface area contributed by atoms with Gasteiger partial charge in [0.1, 0.15) is 0 Å². The molecule has 0 saturated heterocycles. The van der Waals surface area contributed by atoms with Gasteiger partial charge >= 0.3 is 12.1 Å². The van der Waals surface area contributed by atoms with Crippen LogP contribution in [0, 0.1) is 0 Å². The van der Waals surface area contributed by atoms with Crippen molar-refractivity contribution >= 4 is 34.5 Å². The number of hydrogen-bond donors (Lipinski definition) is 5. The van der Waals surface area contributed by atoms with Crippen LogP contribution in [0.2, 0.25) is 0 Å². The lowest BCUT2D eigenvalue weighted by atomic mass is 10.2. The lowest BCUT2D eigenvalue weighted by Crippen LogP contribution is -2.46. The molecule has 0 aliphatic rings. The zero-order valence-corrected chi connectivity index (χ0v) is 9.70. The predicted molar refractivity (Wildman–Crippen MR) is 68.6 cm³/mol. The first-order chi connectivity index (χ1) is 8.91. The highest BCUT2D eigenvalue weighted by Gasteiger charge is 2.20. The van der Waals surface area contributed by atoms with Gasteiger partial charge < -0.3 is 16.5 Å². The molecule has 0 saturated carbocycles. The second-order valence-electron chi connectivity index (χ2n) is 3.68. The minimum atomic E-state index is -0.922. The standard InChI is InChI=1S/C9H12N8O2/c10-8(18)16(12)6-1-4-5(15-3-14-4)2-7(6)17(13)9(11)19/h1-3H,12-13H2,(H2,10,18)(H2,11,19)(H,14,15). The van der Waals surface area contributed by atoms with E-state index in [4.69, 9.17) is 23.2 Å². The maximum Gasteiger partial charge on any atom is 0.333 e. The molecule has 0 unspecified atom stereocenters. The third-order valence-corrected chi connectivity index (χ3v) is 2.51. The molecule has 0 radical (unpaired) electrons. The van der Waals surface area contributed by atoms with Crippen LogP contribution in [0.25, 0.3) is 11.0 Å². The normalized spacial score (nSPS) is 10.4. The summed E-state index contributed by atoms with van der Waals surface area (Å²) < 4.78 is 0. The molecule has 1 aromatic heterocycles. The molecule has 100 valence electrons. The van der Waals surface area contributed by atoms with Gasteiger partial charge in [-0.2, -0.15) is 0 Å². The van der Waals surface area contributed by atoms with Crippen molar-refractivity contribution in [2.24, 2.45) is 23.2 Å². The van der Waals surface area contributed by atoms with E-state index < -0.39 is 12.1 Å². The first-order valence-electron chi connectivity index (χ1n) is 5.07. The van der Waals surface area contributed by atoms with Crippen LogP contribution in [-0.4, -0.2) is 22.0 Å². The van der Waals surface area contributed by atoms with Crippen LogP contribution in [0.15, 0.2) is 18.5 Å². The van der Waals surface area contributed by atoms with Gasteiger partial charge in [-0.05, 0) is 12.1 Å². The minimum absolute atomic E-state index is 0.105. The molecule has 0 aliphatic heterocycles. The topological polar surface area (TPSA) is 173 Å². The number of nitrogens with one attached hydrogen (secondary N) is 1. The van der Waals surface area contributed by atoms with Gasteiger partial charge in [0, 0.05) is 0 Å². The van der Waals surface area contributed by atoms with E-state index in [1.54, 1.807) is 0 Å². The van der Waals surface area contributed by atoms with Crippen LogP contribution in [0.1, 0.15) is 0 Å². The van der Waals surface area contributed by atoms with Crippen LogP contribution in [0.4, 0.5) is 21.0 Å². The summed E-state index contributed by atoms with van der Waals surface area (Å²) in [5.41, 5.74) is 11.5. The van der Waals surface area contributed by atoms with Gasteiger partial charge in [-0.3, -0.25) is 0 Å². The fraction of sp³-hybridized carbons (Fsp3) is 0. The number of nitrogens with two attached hydrogens (primary N) is 4. The molecule has 2 rings (SSSR count). The largest absolute Gasteiger partial charge is 0.350 e. The molecule has 19 heavy (non-hydrogen) atoms. The fourth-order valence-electron chi connectivity index (χ4n) is 1.58. The minimum Gasteiger partial charge on any atom is -0.350 e. The third-order valence-electron chi connectivity index (χ3n) is 2.51. The van der Waals surface area contributed by atoms with Crippen molar-refractivity contribution in [1.29, 1.82) is 0 Å². The van der Waals surface area contributed by atoms with Crippen LogP contribution in [-0.2, 0) is 0 Å². The Morgan fingerprint density at radius 1 is 1.05 bits per heavy atom. The van der Waals surface area contributed by atoms with Crippen LogP contribution >= 0.6 is 0 Å². The Balaban J connectivity index is 2.66. The Morgan fingerprint density at radius 2 is 1.58 bits per heavy atom. The van der Waals surface area contributed by atoms with Crippen molar-refractivity contribution < 1.29 is 9.59 Å². The molecule has 0 atom stereocenters. The summed E-state index contributed by atoms with van der Waals surface area (Å²) in [6.07, 6.45) is 1.44. The first-order valence-corrected chi connectivity index (χ1v) is 5.07. The van der Waals surface area contributed by atoms with Gasteiger partial charge in [0.2, 0.25) is 0 Å². The smallest absolute Gasteiger partial charge is 0.333 e. The highest BCUT2D eigenvalue weighted by atomic mass is 16.2. The van der Waals surface area contributed by atoms with E-state index in [1.165, 1.54) is 18.5 Å². The molecule has 4 amide bonds. The highest BCUT2D eigenvalue weighted by Crippen LogP contribution is 2.30. The van der Waals surface area contributed by atoms with Crippen molar-refractivity contribution in [2.75, 3.05) is 10.0 Å². The van der Waals surface area contributed by atoms with Gasteiger partial charge in [-0.25, -0.2) is 36.3 Å². The predicted octanol–water partition coefficient (Wildman–Crippen LogP) is -0.920. The summed E-state index contributed by atoms with van der Waals surface area (Å²) in [5.74, 6) is 11.0. The number of primary amides is 2. The maximum absolute atomic E-state index is 11.1. The van der Waals surface area contributed by atoms with Crippen molar-refractivity contribution in [3.8, 4) is 0 Å². The number of rotatable bonds is 2. The SMILES string of the molecule is NC(=O)N(N)c1cc2nc[nH]c2cc1N(N)C(N)=O. The lowest BCUT2D eigenvalue weighted by Gasteiger charge is -2.22. The van der Waals surface area contributed by atoms with Gasteiger partial charge in [-0.1, -0.05) is 0 Å². The molecule has 0 aliphatic carbocycles. The molecule has 0 bridgehead atoms. The Morgan fingerprint density at radius 3 is 2.11 bits per heavy atom. The quantitative estimate of drug-likeness (QED) is 0.267. The van der Waals surface area contributed by atoms with Crippen LogP contribution < -0.4 is 33.2 Å². The maximum atomic E-state index is 11.1. The number of carbonyl (C=O) groups is 2. The van der Waals surface area contributed by atoms with Gasteiger partial charge in [0.05, 0.1) is 28.7 Å². The number of imidazole rings is 1. The number of benzene rings is 1. The van der Waals surface area contributed by atoms with Crippen LogP contribution in [0.3, 0.4) is 0 Å². The van der Waals surface area contributed by atoms with Gasteiger partial charge in [0.15, 0.2) is 0 Å². The van der Waals surface area contributed by atoms with Crippen molar-refractivity contribution in [2.45, 2.75) is 0 Å². The molecule has 10 nitrogen and oxygen atoms in total. The summed E-state index contributed by atoms with van der Waals surface area (Å²) >= 11 is 0. The van der Waals surface area contributed by atoms with Crippen molar-refractivity contribution in [3.63, 3.8) is 0 Å². The number of anilines is 2. The first kappa shape index (κ1) is 12.6. The molecular formula is C9H12N8O2. The fourth-order valence-corrected chi connectivity index (χ4v) is 1.58. The molecule has 1 aromatic carbocycles. The van der Waals surface area contributed by atoms with Gasteiger partial charge in [-0.15, -0.1) is 0 Å². The van der Waals surface area contributed by atoms with E-state index >= 15 is 0 Å². The summed E-state index contributed by atoms with van der Waals surface area (Å²) in [6.45, 7) is 0. The number of hydrogen-bond acceptors (Lipinski definition) is 5. The third kappa shape index (κ3) is 2.12. The zero-order chi connectivity index (χ0) is 14.2. The number of nitrogens with zero attached hydrogens (tertiary/aromatic N) is 3. The Bertz CT molecular complexity index is 597. The Labute approximate surface area is 106 Å². The van der Waals surface area contributed by atoms with E-state index in [0.29, 0.717) is 21.1 Å². The second-order valence-corrected chi connectivity index (χ2v) is 3.68. The lowest BCUT2D eigenvalue weighted by molar-refractivity contribution is 0.252. The number of aromatic nitrogens is 2. The number of urea groups is 2. The molecule has 10 heteroatoms. The molecule has 9 N–H and O–H groups in total. The van der Waals surface area contributed by atoms with E-state index in [9.17, 15) is 9.59 Å². The van der Waals surface area contributed by atoms with E-state index in [2.05, 4.69) is 9.97 Å². The average Bonchev–Trinajstić information content (AvgIpc) is 2.82. The average molecular weight is 264 g/mol. The van der Waals surface area contributed by atoms with Gasteiger partial charge in [0.25, 0.3) is 0 Å². The summed E-state index contributed by atoms with van der Waals surface area (Å²) in [5, 5.41) is 1.30. The van der Waals surface area contributed by atoms with Crippen LogP contribution in [0.5, 0.6) is 0 Å².